The van der Waals surface area contributed by atoms with Gasteiger partial charge in [-0.3, -0.25) is 0 Å². The Hall–Kier alpha value is -6.90. The fraction of sp³-hybridized carbons (Fsp3) is 0.0196. The summed E-state index contributed by atoms with van der Waals surface area (Å²) in [4.78, 5) is 2.45. The van der Waals surface area contributed by atoms with E-state index in [0.717, 1.165) is 39.0 Å². The van der Waals surface area contributed by atoms with Gasteiger partial charge in [0.15, 0.2) is 0 Å². The number of anilines is 3. The second-order valence-corrected chi connectivity index (χ2v) is 14.0. The van der Waals surface area contributed by atoms with Gasteiger partial charge in [0.1, 0.15) is 11.2 Å². The molecule has 1 aromatic heterocycles. The first-order chi connectivity index (χ1) is 26.3. The molecular weight excluding hydrogens is 643 g/mol. The lowest BCUT2D eigenvalue weighted by atomic mass is 9.68. The minimum atomic E-state index is -0.456. The minimum Gasteiger partial charge on any atom is -0.456 e. The van der Waals surface area contributed by atoms with Crippen LogP contribution in [0.15, 0.2) is 205 Å². The molecule has 1 aliphatic rings. The van der Waals surface area contributed by atoms with Crippen molar-refractivity contribution in [3.63, 3.8) is 0 Å². The van der Waals surface area contributed by atoms with Crippen LogP contribution in [0.2, 0.25) is 0 Å². The second kappa shape index (κ2) is 11.6. The summed E-state index contributed by atoms with van der Waals surface area (Å²) < 4.78 is 6.31. The Morgan fingerprint density at radius 3 is 1.72 bits per heavy atom. The fourth-order valence-electron chi connectivity index (χ4n) is 9.08. The van der Waals surface area contributed by atoms with Gasteiger partial charge in [-0.15, -0.1) is 0 Å². The molecule has 0 aliphatic heterocycles. The average molecular weight is 676 g/mol. The molecule has 2 nitrogen and oxygen atoms in total. The predicted molar refractivity (Wildman–Crippen MR) is 221 cm³/mol. The normalized spacial score (nSPS) is 13.1. The van der Waals surface area contributed by atoms with E-state index in [1.54, 1.807) is 0 Å². The summed E-state index contributed by atoms with van der Waals surface area (Å²) in [5.41, 5.74) is 12.3. The van der Waals surface area contributed by atoms with Crippen molar-refractivity contribution in [2.75, 3.05) is 4.90 Å². The molecule has 11 rings (SSSR count). The minimum absolute atomic E-state index is 0.456. The molecule has 0 bridgehead atoms. The molecule has 2 heteroatoms. The van der Waals surface area contributed by atoms with Gasteiger partial charge in [-0.1, -0.05) is 158 Å². The van der Waals surface area contributed by atoms with Crippen LogP contribution in [-0.2, 0) is 5.41 Å². The number of benzene rings is 9. The number of para-hydroxylation sites is 1. The SMILES string of the molecule is c1ccc(C2(c3ccccc3)c3ccccc3-c3cc(N(c4ccc5oc6ccccc6c5c4)c4cc5ccccc5c5ccccc45)ccc32)cc1. The van der Waals surface area contributed by atoms with Gasteiger partial charge in [0, 0.05) is 27.5 Å². The van der Waals surface area contributed by atoms with Gasteiger partial charge in [-0.05, 0) is 92.0 Å². The summed E-state index contributed by atoms with van der Waals surface area (Å²) in [6.45, 7) is 0. The molecule has 0 saturated carbocycles. The van der Waals surface area contributed by atoms with E-state index in [4.69, 9.17) is 4.42 Å². The van der Waals surface area contributed by atoms with Gasteiger partial charge >= 0.3 is 0 Å². The third-order valence-electron chi connectivity index (χ3n) is 11.3. The average Bonchev–Trinajstić information content (AvgIpc) is 3.75. The van der Waals surface area contributed by atoms with Crippen molar-refractivity contribution in [1.82, 2.24) is 0 Å². The molecule has 10 aromatic rings. The largest absolute Gasteiger partial charge is 0.456 e. The van der Waals surface area contributed by atoms with Crippen LogP contribution in [-0.4, -0.2) is 0 Å². The zero-order chi connectivity index (χ0) is 34.9. The van der Waals surface area contributed by atoms with E-state index in [1.807, 2.05) is 12.1 Å². The van der Waals surface area contributed by atoms with E-state index in [2.05, 4.69) is 193 Å². The number of rotatable bonds is 5. The molecule has 1 heterocycles. The molecule has 0 saturated heterocycles. The first-order valence-corrected chi connectivity index (χ1v) is 18.3. The Labute approximate surface area is 307 Å². The maximum Gasteiger partial charge on any atom is 0.135 e. The summed E-state index contributed by atoms with van der Waals surface area (Å²) in [7, 11) is 0. The smallest absolute Gasteiger partial charge is 0.135 e. The summed E-state index contributed by atoms with van der Waals surface area (Å²) in [6, 6.07) is 72.9. The molecule has 9 aromatic carbocycles. The van der Waals surface area contributed by atoms with Crippen molar-refractivity contribution >= 4 is 60.5 Å². The third kappa shape index (κ3) is 4.33. The number of furan rings is 1. The lowest BCUT2D eigenvalue weighted by molar-refractivity contribution is 0.669. The first kappa shape index (κ1) is 29.8. The van der Waals surface area contributed by atoms with Gasteiger partial charge in [-0.2, -0.15) is 0 Å². The number of fused-ring (bicyclic) bond motifs is 9. The van der Waals surface area contributed by atoms with Crippen molar-refractivity contribution in [1.29, 1.82) is 0 Å². The molecule has 248 valence electrons. The van der Waals surface area contributed by atoms with Crippen molar-refractivity contribution in [2.24, 2.45) is 0 Å². The molecule has 0 radical (unpaired) electrons. The maximum absolute atomic E-state index is 6.31. The number of nitrogens with zero attached hydrogens (tertiary/aromatic N) is 1. The quantitative estimate of drug-likeness (QED) is 0.169. The van der Waals surface area contributed by atoms with E-state index in [9.17, 15) is 0 Å². The van der Waals surface area contributed by atoms with Crippen LogP contribution >= 0.6 is 0 Å². The van der Waals surface area contributed by atoms with E-state index in [-0.39, 0.29) is 0 Å². The lowest BCUT2D eigenvalue weighted by Crippen LogP contribution is -2.28. The molecule has 1 aliphatic carbocycles. The summed E-state index contributed by atoms with van der Waals surface area (Å²) in [5.74, 6) is 0. The second-order valence-electron chi connectivity index (χ2n) is 14.0. The molecule has 53 heavy (non-hydrogen) atoms. The standard InChI is InChI=1S/C51H33NO/c1-3-16-35(17-4-1)51(36-18-5-2-6-19-36)46-25-13-11-22-41(46)44-32-37(27-29-47(44)51)52(38-28-30-50-45(33-38)43-24-12-14-26-49(43)53-50)48-31-34-15-7-8-20-39(34)40-21-9-10-23-42(40)48/h1-33H. The third-order valence-corrected chi connectivity index (χ3v) is 11.3. The highest BCUT2D eigenvalue weighted by Gasteiger charge is 2.46. The molecule has 0 N–H and O–H groups in total. The van der Waals surface area contributed by atoms with Crippen molar-refractivity contribution in [3.05, 3.63) is 222 Å². The van der Waals surface area contributed by atoms with Crippen molar-refractivity contribution in [2.45, 2.75) is 5.41 Å². The predicted octanol–water partition coefficient (Wildman–Crippen LogP) is 13.7. The monoisotopic (exact) mass is 675 g/mol. The van der Waals surface area contributed by atoms with Crippen LogP contribution in [0.4, 0.5) is 17.1 Å². The van der Waals surface area contributed by atoms with E-state index >= 15 is 0 Å². The molecular formula is C51H33NO. The highest BCUT2D eigenvalue weighted by molar-refractivity contribution is 6.15. The van der Waals surface area contributed by atoms with E-state index < -0.39 is 5.41 Å². The lowest BCUT2D eigenvalue weighted by Gasteiger charge is -2.34. The number of hydrogen-bond acceptors (Lipinski definition) is 2. The number of hydrogen-bond donors (Lipinski definition) is 0. The summed E-state index contributed by atoms with van der Waals surface area (Å²) >= 11 is 0. The summed E-state index contributed by atoms with van der Waals surface area (Å²) in [6.07, 6.45) is 0. The molecule has 0 spiro atoms. The Morgan fingerprint density at radius 1 is 0.358 bits per heavy atom. The zero-order valence-electron chi connectivity index (χ0n) is 28.9. The van der Waals surface area contributed by atoms with E-state index in [1.165, 1.54) is 54.9 Å². The van der Waals surface area contributed by atoms with Crippen LogP contribution in [0, 0.1) is 0 Å². The Bertz CT molecular complexity index is 2970. The van der Waals surface area contributed by atoms with Crippen LogP contribution in [0.5, 0.6) is 0 Å². The molecule has 0 fully saturated rings. The van der Waals surface area contributed by atoms with Gasteiger partial charge in [0.2, 0.25) is 0 Å². The highest BCUT2D eigenvalue weighted by atomic mass is 16.3. The van der Waals surface area contributed by atoms with Crippen molar-refractivity contribution in [3.8, 4) is 11.1 Å². The highest BCUT2D eigenvalue weighted by Crippen LogP contribution is 2.57. The maximum atomic E-state index is 6.31. The van der Waals surface area contributed by atoms with E-state index in [0.29, 0.717) is 0 Å². The molecule has 0 amide bonds. The van der Waals surface area contributed by atoms with Gasteiger partial charge < -0.3 is 9.32 Å². The van der Waals surface area contributed by atoms with Gasteiger partial charge in [-0.25, -0.2) is 0 Å². The van der Waals surface area contributed by atoms with Crippen LogP contribution < -0.4 is 4.90 Å². The van der Waals surface area contributed by atoms with Crippen LogP contribution in [0.3, 0.4) is 0 Å². The Balaban J connectivity index is 1.22. The fourth-order valence-corrected chi connectivity index (χ4v) is 9.08. The van der Waals surface area contributed by atoms with Crippen LogP contribution in [0.25, 0.3) is 54.6 Å². The van der Waals surface area contributed by atoms with Gasteiger partial charge in [0.05, 0.1) is 11.1 Å². The zero-order valence-corrected chi connectivity index (χ0v) is 28.9. The Kier molecular flexibility index (Phi) is 6.50. The van der Waals surface area contributed by atoms with Crippen molar-refractivity contribution < 1.29 is 4.42 Å². The topological polar surface area (TPSA) is 16.4 Å². The molecule has 0 unspecified atom stereocenters. The van der Waals surface area contributed by atoms with Gasteiger partial charge in [0.25, 0.3) is 0 Å². The van der Waals surface area contributed by atoms with Crippen LogP contribution in [0.1, 0.15) is 22.3 Å². The Morgan fingerprint density at radius 2 is 0.925 bits per heavy atom. The molecule has 0 atom stereocenters. The first-order valence-electron chi connectivity index (χ1n) is 18.3. The summed E-state index contributed by atoms with van der Waals surface area (Å²) in [5, 5.41) is 7.12.